The Balaban J connectivity index is 1.37. The zero-order valence-electron chi connectivity index (χ0n) is 14.5. The summed E-state index contributed by atoms with van der Waals surface area (Å²) in [4.78, 5) is 17.0. The van der Waals surface area contributed by atoms with Gasteiger partial charge in [0.15, 0.2) is 0 Å². The highest BCUT2D eigenvalue weighted by Crippen LogP contribution is 2.10. The van der Waals surface area contributed by atoms with Gasteiger partial charge in [0, 0.05) is 51.5 Å². The quantitative estimate of drug-likeness (QED) is 0.789. The van der Waals surface area contributed by atoms with Crippen molar-refractivity contribution in [3.63, 3.8) is 0 Å². The van der Waals surface area contributed by atoms with Crippen molar-refractivity contribution in [2.75, 3.05) is 45.0 Å². The number of piperazine rings is 1. The number of nitrogen functional groups attached to an aromatic ring is 1. The molecule has 1 saturated heterocycles. The summed E-state index contributed by atoms with van der Waals surface area (Å²) in [5, 5.41) is 2.96. The van der Waals surface area contributed by atoms with Crippen LogP contribution in [0.2, 0.25) is 0 Å². The summed E-state index contributed by atoms with van der Waals surface area (Å²) in [6.45, 7) is 6.73. The topological polar surface area (TPSA) is 61.6 Å². The summed E-state index contributed by atoms with van der Waals surface area (Å²) in [6, 6.07) is 17.8. The monoisotopic (exact) mass is 338 g/mol. The standard InChI is InChI=1S/C20H26N4O/c21-19-9-5-4-8-18(19)20(25)22-10-11-23-12-14-24(15-13-23)16-17-6-2-1-3-7-17/h1-9H,10-16,21H2,(H,22,25). The third kappa shape index (κ3) is 5.05. The van der Waals surface area contributed by atoms with Crippen molar-refractivity contribution in [3.05, 3.63) is 65.7 Å². The van der Waals surface area contributed by atoms with E-state index in [1.54, 1.807) is 12.1 Å². The van der Waals surface area contributed by atoms with Crippen LogP contribution in [0.15, 0.2) is 54.6 Å². The Bertz CT molecular complexity index is 681. The van der Waals surface area contributed by atoms with E-state index < -0.39 is 0 Å². The lowest BCUT2D eigenvalue weighted by Crippen LogP contribution is -2.48. The molecule has 2 aromatic rings. The van der Waals surface area contributed by atoms with Crippen LogP contribution in [0.4, 0.5) is 5.69 Å². The number of rotatable bonds is 6. The molecule has 0 atom stereocenters. The highest BCUT2D eigenvalue weighted by molar-refractivity contribution is 5.99. The van der Waals surface area contributed by atoms with Crippen LogP contribution in [0.1, 0.15) is 15.9 Å². The van der Waals surface area contributed by atoms with E-state index in [0.29, 0.717) is 17.8 Å². The fourth-order valence-electron chi connectivity index (χ4n) is 3.14. The second-order valence-corrected chi connectivity index (χ2v) is 6.45. The Kier molecular flexibility index (Phi) is 6.04. The van der Waals surface area contributed by atoms with E-state index >= 15 is 0 Å². The Morgan fingerprint density at radius 2 is 1.56 bits per heavy atom. The van der Waals surface area contributed by atoms with E-state index in [1.165, 1.54) is 5.56 Å². The summed E-state index contributed by atoms with van der Waals surface area (Å²) >= 11 is 0. The Hall–Kier alpha value is -2.37. The van der Waals surface area contributed by atoms with Crippen LogP contribution in [0.5, 0.6) is 0 Å². The molecule has 2 aromatic carbocycles. The Morgan fingerprint density at radius 1 is 0.920 bits per heavy atom. The van der Waals surface area contributed by atoms with E-state index in [-0.39, 0.29) is 5.91 Å². The minimum atomic E-state index is -0.0965. The molecule has 5 nitrogen and oxygen atoms in total. The van der Waals surface area contributed by atoms with Crippen molar-refractivity contribution in [1.29, 1.82) is 0 Å². The molecule has 1 amide bonds. The number of nitrogens with two attached hydrogens (primary N) is 1. The molecule has 1 aliphatic rings. The molecular weight excluding hydrogens is 312 g/mol. The predicted octanol–water partition coefficient (Wildman–Crippen LogP) is 1.82. The number of hydrogen-bond acceptors (Lipinski definition) is 4. The molecule has 0 radical (unpaired) electrons. The van der Waals surface area contributed by atoms with Crippen LogP contribution in [0.3, 0.4) is 0 Å². The van der Waals surface area contributed by atoms with Crippen molar-refractivity contribution >= 4 is 11.6 Å². The van der Waals surface area contributed by atoms with Gasteiger partial charge in [0.1, 0.15) is 0 Å². The van der Waals surface area contributed by atoms with Crippen molar-refractivity contribution in [3.8, 4) is 0 Å². The third-order valence-corrected chi connectivity index (χ3v) is 4.63. The van der Waals surface area contributed by atoms with E-state index in [1.807, 2.05) is 12.1 Å². The van der Waals surface area contributed by atoms with Gasteiger partial charge in [0.25, 0.3) is 5.91 Å². The van der Waals surface area contributed by atoms with Gasteiger partial charge in [-0.05, 0) is 17.7 Å². The molecule has 0 saturated carbocycles. The van der Waals surface area contributed by atoms with Gasteiger partial charge in [0.05, 0.1) is 5.56 Å². The smallest absolute Gasteiger partial charge is 0.253 e. The van der Waals surface area contributed by atoms with Gasteiger partial charge in [-0.25, -0.2) is 0 Å². The molecule has 0 aromatic heterocycles. The number of nitrogens with one attached hydrogen (secondary N) is 1. The first kappa shape index (κ1) is 17.5. The first-order valence-electron chi connectivity index (χ1n) is 8.84. The summed E-state index contributed by atoms with van der Waals surface area (Å²) in [5.41, 5.74) is 8.28. The largest absolute Gasteiger partial charge is 0.398 e. The normalized spacial score (nSPS) is 15.8. The molecular formula is C20H26N4O. The summed E-state index contributed by atoms with van der Waals surface area (Å²) in [6.07, 6.45) is 0. The lowest BCUT2D eigenvalue weighted by molar-refractivity contribution is 0.0935. The number of para-hydroxylation sites is 1. The molecule has 3 rings (SSSR count). The van der Waals surface area contributed by atoms with Crippen LogP contribution in [-0.2, 0) is 6.54 Å². The van der Waals surface area contributed by atoms with Crippen LogP contribution in [0.25, 0.3) is 0 Å². The number of anilines is 1. The summed E-state index contributed by atoms with van der Waals surface area (Å²) in [5.74, 6) is -0.0965. The lowest BCUT2D eigenvalue weighted by Gasteiger charge is -2.34. The molecule has 1 fully saturated rings. The molecule has 1 heterocycles. The molecule has 3 N–H and O–H groups in total. The van der Waals surface area contributed by atoms with Gasteiger partial charge in [-0.15, -0.1) is 0 Å². The molecule has 0 spiro atoms. The van der Waals surface area contributed by atoms with E-state index in [4.69, 9.17) is 5.73 Å². The molecule has 25 heavy (non-hydrogen) atoms. The van der Waals surface area contributed by atoms with Gasteiger partial charge in [-0.2, -0.15) is 0 Å². The highest BCUT2D eigenvalue weighted by Gasteiger charge is 2.17. The third-order valence-electron chi connectivity index (χ3n) is 4.63. The molecule has 0 aliphatic carbocycles. The highest BCUT2D eigenvalue weighted by atomic mass is 16.1. The maximum absolute atomic E-state index is 12.1. The minimum absolute atomic E-state index is 0.0965. The average molecular weight is 338 g/mol. The van der Waals surface area contributed by atoms with Gasteiger partial charge in [-0.1, -0.05) is 42.5 Å². The second kappa shape index (κ2) is 8.65. The lowest BCUT2D eigenvalue weighted by atomic mass is 10.1. The Labute approximate surface area is 149 Å². The minimum Gasteiger partial charge on any atom is -0.398 e. The fraction of sp³-hybridized carbons (Fsp3) is 0.350. The van der Waals surface area contributed by atoms with Crippen molar-refractivity contribution in [1.82, 2.24) is 15.1 Å². The van der Waals surface area contributed by atoms with Crippen LogP contribution >= 0.6 is 0 Å². The molecule has 0 bridgehead atoms. The van der Waals surface area contributed by atoms with Crippen molar-refractivity contribution in [2.45, 2.75) is 6.54 Å². The van der Waals surface area contributed by atoms with E-state index in [0.717, 1.165) is 39.3 Å². The van der Waals surface area contributed by atoms with Crippen molar-refractivity contribution in [2.24, 2.45) is 0 Å². The SMILES string of the molecule is Nc1ccccc1C(=O)NCCN1CCN(Cc2ccccc2)CC1. The second-order valence-electron chi connectivity index (χ2n) is 6.45. The van der Waals surface area contributed by atoms with Crippen LogP contribution in [0, 0.1) is 0 Å². The zero-order chi connectivity index (χ0) is 17.5. The van der Waals surface area contributed by atoms with Crippen LogP contribution < -0.4 is 11.1 Å². The predicted molar refractivity (Wildman–Crippen MR) is 101 cm³/mol. The number of amides is 1. The molecule has 0 unspecified atom stereocenters. The first-order chi connectivity index (χ1) is 12.2. The Morgan fingerprint density at radius 3 is 2.28 bits per heavy atom. The zero-order valence-corrected chi connectivity index (χ0v) is 14.5. The van der Waals surface area contributed by atoms with Crippen molar-refractivity contribution < 1.29 is 4.79 Å². The van der Waals surface area contributed by atoms with Gasteiger partial charge in [-0.3, -0.25) is 14.6 Å². The number of carbonyl (C=O) groups excluding carboxylic acids is 1. The number of benzene rings is 2. The van der Waals surface area contributed by atoms with E-state index in [2.05, 4.69) is 45.4 Å². The van der Waals surface area contributed by atoms with Gasteiger partial charge < -0.3 is 11.1 Å². The number of carbonyl (C=O) groups is 1. The van der Waals surface area contributed by atoms with Gasteiger partial charge in [0.2, 0.25) is 0 Å². The molecule has 132 valence electrons. The molecule has 5 heteroatoms. The maximum atomic E-state index is 12.1. The summed E-state index contributed by atoms with van der Waals surface area (Å²) < 4.78 is 0. The number of nitrogens with zero attached hydrogens (tertiary/aromatic N) is 2. The molecule has 1 aliphatic heterocycles. The summed E-state index contributed by atoms with van der Waals surface area (Å²) in [7, 11) is 0. The fourth-order valence-corrected chi connectivity index (χ4v) is 3.14. The first-order valence-corrected chi connectivity index (χ1v) is 8.84. The van der Waals surface area contributed by atoms with Gasteiger partial charge >= 0.3 is 0 Å². The maximum Gasteiger partial charge on any atom is 0.253 e. The average Bonchev–Trinajstić information content (AvgIpc) is 2.64. The van der Waals surface area contributed by atoms with Crippen LogP contribution in [-0.4, -0.2) is 55.0 Å². The van der Waals surface area contributed by atoms with E-state index in [9.17, 15) is 4.79 Å². The number of hydrogen-bond donors (Lipinski definition) is 2.